The van der Waals surface area contributed by atoms with E-state index in [1.165, 1.54) is 88.3 Å². The predicted molar refractivity (Wildman–Crippen MR) is 392 cm³/mol. The molecule has 0 atom stereocenters. The Bertz CT molecular complexity index is 6160. The predicted octanol–water partition coefficient (Wildman–Crippen LogP) is 24.3. The molecule has 94 heavy (non-hydrogen) atoms. The van der Waals surface area contributed by atoms with Crippen LogP contribution < -0.4 is 5.46 Å². The lowest BCUT2D eigenvalue weighted by Gasteiger charge is -2.32. The molecule has 0 amide bonds. The van der Waals surface area contributed by atoms with Gasteiger partial charge in [-0.2, -0.15) is 0 Å². The van der Waals surface area contributed by atoms with E-state index in [0.29, 0.717) is 0 Å². The molecule has 1 fully saturated rings. The fraction of sp³-hybridized carbons (Fsp3) is 0.0698. The van der Waals surface area contributed by atoms with Crippen LogP contribution in [0.3, 0.4) is 0 Å². The SMILES string of the molecule is Brc1cccc2oc3ccccc3c12.CC1(C)OB(c2cccc3oc4ccc(-c5ccc6c7c(cccc57)-c5ccccc5-6)cc4c23)OC1(C)C.c1ccc2c(c1)-c1cccc3c(-c4ccc5oc6cccc(-c7cccc8oc9ccccc9c78)c6c5c4)ccc-2c13. The summed E-state index contributed by atoms with van der Waals surface area (Å²) in [6.45, 7) is 8.36. The third kappa shape index (κ3) is 8.23. The number of hydrogen-bond donors (Lipinski definition) is 0. The highest BCUT2D eigenvalue weighted by molar-refractivity contribution is 9.10. The summed E-state index contributed by atoms with van der Waals surface area (Å²) in [4.78, 5) is 0. The van der Waals surface area contributed by atoms with E-state index < -0.39 is 18.3 Å². The summed E-state index contributed by atoms with van der Waals surface area (Å²) >= 11 is 3.54. The summed E-state index contributed by atoms with van der Waals surface area (Å²) in [6, 6.07) is 94.3. The Morgan fingerprint density at radius 3 is 1.06 bits per heavy atom. The Labute approximate surface area is 549 Å². The molecule has 0 N–H and O–H groups in total. The van der Waals surface area contributed by atoms with Crippen molar-refractivity contribution in [2.45, 2.75) is 38.9 Å². The molecule has 0 spiro atoms. The highest BCUT2D eigenvalue weighted by Crippen LogP contribution is 2.52. The van der Waals surface area contributed by atoms with Crippen molar-refractivity contribution in [3.63, 3.8) is 0 Å². The molecule has 14 aromatic carbocycles. The molecule has 18 aromatic rings. The minimum Gasteiger partial charge on any atom is -0.456 e. The van der Waals surface area contributed by atoms with E-state index in [1.807, 2.05) is 60.7 Å². The van der Waals surface area contributed by atoms with Gasteiger partial charge in [0.2, 0.25) is 0 Å². The van der Waals surface area contributed by atoms with Crippen molar-refractivity contribution in [3.8, 4) is 77.9 Å². The largest absolute Gasteiger partial charge is 0.495 e. The van der Waals surface area contributed by atoms with E-state index in [0.717, 1.165) is 109 Å². The van der Waals surface area contributed by atoms with Crippen LogP contribution in [0.25, 0.3) is 187 Å². The van der Waals surface area contributed by atoms with E-state index in [-0.39, 0.29) is 0 Å². The number of furan rings is 4. The Morgan fingerprint density at radius 2 is 0.564 bits per heavy atom. The van der Waals surface area contributed by atoms with Gasteiger partial charge in [0.05, 0.1) is 11.2 Å². The van der Waals surface area contributed by atoms with Gasteiger partial charge in [0.1, 0.15) is 44.7 Å². The van der Waals surface area contributed by atoms with Gasteiger partial charge in [-0.25, -0.2) is 0 Å². The minimum absolute atomic E-state index is 0.410. The highest BCUT2D eigenvalue weighted by atomic mass is 79.9. The second-order valence-corrected chi connectivity index (χ2v) is 26.8. The molecule has 2 aliphatic carbocycles. The van der Waals surface area contributed by atoms with E-state index in [9.17, 15) is 0 Å². The lowest BCUT2D eigenvalue weighted by atomic mass is 9.76. The number of benzene rings is 14. The Hall–Kier alpha value is -10.7. The molecule has 3 aliphatic rings. The van der Waals surface area contributed by atoms with Crippen molar-refractivity contribution in [1.82, 2.24) is 0 Å². The monoisotopic (exact) mass is 1270 g/mol. The van der Waals surface area contributed by atoms with Gasteiger partial charge in [-0.1, -0.05) is 216 Å². The molecule has 6 nitrogen and oxygen atoms in total. The van der Waals surface area contributed by atoms with E-state index in [4.69, 9.17) is 27.0 Å². The van der Waals surface area contributed by atoms with Gasteiger partial charge in [0, 0.05) is 47.6 Å². The minimum atomic E-state index is -0.455. The second-order valence-electron chi connectivity index (χ2n) is 26.0. The molecule has 1 saturated heterocycles. The van der Waals surface area contributed by atoms with Crippen LogP contribution in [-0.2, 0) is 9.31 Å². The van der Waals surface area contributed by atoms with Gasteiger partial charge in [-0.15, -0.1) is 0 Å². The lowest BCUT2D eigenvalue weighted by Crippen LogP contribution is -2.41. The molecule has 0 radical (unpaired) electrons. The van der Waals surface area contributed by atoms with Gasteiger partial charge in [-0.05, 0) is 199 Å². The van der Waals surface area contributed by atoms with Crippen molar-refractivity contribution in [2.24, 2.45) is 0 Å². The van der Waals surface area contributed by atoms with Crippen LogP contribution in [0.1, 0.15) is 27.7 Å². The van der Waals surface area contributed by atoms with Crippen LogP contribution in [0.5, 0.6) is 0 Å². The zero-order chi connectivity index (χ0) is 62.7. The normalized spacial score (nSPS) is 14.1. The third-order valence-electron chi connectivity index (χ3n) is 20.3. The molecule has 446 valence electrons. The number of fused-ring (bicyclic) bond motifs is 18. The summed E-state index contributed by atoms with van der Waals surface area (Å²) in [6.07, 6.45) is 0. The Kier molecular flexibility index (Phi) is 12.1. The third-order valence-corrected chi connectivity index (χ3v) is 21.0. The van der Waals surface area contributed by atoms with Gasteiger partial charge < -0.3 is 27.0 Å². The summed E-state index contributed by atoms with van der Waals surface area (Å²) in [5.41, 5.74) is 25.0. The average Bonchev–Trinajstić information content (AvgIpc) is 1.56. The average molecular weight is 1280 g/mol. The second kappa shape index (κ2) is 20.6. The number of para-hydroxylation sites is 2. The van der Waals surface area contributed by atoms with Gasteiger partial charge >= 0.3 is 7.12 Å². The lowest BCUT2D eigenvalue weighted by molar-refractivity contribution is 0.00578. The van der Waals surface area contributed by atoms with E-state index >= 15 is 0 Å². The van der Waals surface area contributed by atoms with Crippen LogP contribution in [0.2, 0.25) is 0 Å². The van der Waals surface area contributed by atoms with Crippen molar-refractivity contribution in [1.29, 1.82) is 0 Å². The van der Waals surface area contributed by atoms with E-state index in [1.54, 1.807) is 0 Å². The zero-order valence-electron chi connectivity index (χ0n) is 51.8. The maximum Gasteiger partial charge on any atom is 0.495 e. The van der Waals surface area contributed by atoms with Crippen LogP contribution in [0, 0.1) is 0 Å². The summed E-state index contributed by atoms with van der Waals surface area (Å²) in [7, 11) is -0.455. The first-order valence-electron chi connectivity index (χ1n) is 32.1. The first-order valence-corrected chi connectivity index (χ1v) is 32.9. The fourth-order valence-electron chi connectivity index (χ4n) is 15.3. The van der Waals surface area contributed by atoms with Crippen molar-refractivity contribution in [3.05, 3.63) is 271 Å². The van der Waals surface area contributed by atoms with Gasteiger partial charge in [-0.3, -0.25) is 0 Å². The quantitative estimate of drug-likeness (QED) is 0.164. The molecule has 8 heteroatoms. The molecule has 0 saturated carbocycles. The first kappa shape index (κ1) is 55.0. The molecular formula is C86H56BBrO6. The number of halogens is 1. The Morgan fingerprint density at radius 1 is 0.245 bits per heavy atom. The van der Waals surface area contributed by atoms with E-state index in [2.05, 4.69) is 250 Å². The number of hydrogen-bond acceptors (Lipinski definition) is 6. The maximum atomic E-state index is 6.45. The Balaban J connectivity index is 0.000000111. The zero-order valence-corrected chi connectivity index (χ0v) is 53.4. The fourth-order valence-corrected chi connectivity index (χ4v) is 15.8. The first-order chi connectivity index (χ1) is 46.0. The highest BCUT2D eigenvalue weighted by Gasteiger charge is 2.52. The summed E-state index contributed by atoms with van der Waals surface area (Å²) in [5, 5.41) is 14.2. The van der Waals surface area contributed by atoms with Crippen molar-refractivity contribution in [2.75, 3.05) is 0 Å². The molecule has 1 aliphatic heterocycles. The standard InChI is InChI=1S/C40H22O2.C34H27BO3.C12H7BrO/c1-2-9-26-25(8-1)28-12-5-11-27-24(19-20-31(26)38(27)28)23-18-21-35-33(22-23)40-30(14-7-17-37(40)42-35)29-13-6-16-36-39(29)32-10-3-4-15-34(32)41-36;1-33(2)34(3,4)38-35(37-33)28-13-8-14-30-32(28)27-19-20(15-18-29(27)36-30)21-16-17-26-23-10-6-5-9-22(23)25-12-7-11-24(21)31(25)26;13-9-5-3-7-11-12(9)8-4-1-2-6-10(8)14-11/h1-22H;5-19H,1-4H3;1-7H. The summed E-state index contributed by atoms with van der Waals surface area (Å²) < 4.78 is 38.7. The molecule has 4 aromatic heterocycles. The van der Waals surface area contributed by atoms with Gasteiger partial charge in [0.15, 0.2) is 0 Å². The van der Waals surface area contributed by atoms with Crippen LogP contribution in [-0.4, -0.2) is 18.3 Å². The molecular weight excluding hydrogens is 1220 g/mol. The molecule has 0 unspecified atom stereocenters. The van der Waals surface area contributed by atoms with Crippen molar-refractivity contribution >= 4 is 138 Å². The van der Waals surface area contributed by atoms with Crippen LogP contribution in [0.4, 0.5) is 0 Å². The summed E-state index contributed by atoms with van der Waals surface area (Å²) in [5.74, 6) is 0. The van der Waals surface area contributed by atoms with Gasteiger partial charge in [0.25, 0.3) is 0 Å². The molecule has 5 heterocycles. The smallest absolute Gasteiger partial charge is 0.456 e. The molecule has 21 rings (SSSR count). The van der Waals surface area contributed by atoms with Crippen molar-refractivity contribution < 1.29 is 27.0 Å². The van der Waals surface area contributed by atoms with Crippen LogP contribution in [0.15, 0.2) is 289 Å². The topological polar surface area (TPSA) is 71.0 Å². The van der Waals surface area contributed by atoms with Crippen LogP contribution >= 0.6 is 15.9 Å². The maximum absolute atomic E-state index is 6.45. The molecule has 0 bridgehead atoms. The number of rotatable bonds is 4.